The molecule has 0 atom stereocenters. The Bertz CT molecular complexity index is 440. The molecule has 9 heteroatoms. The summed E-state index contributed by atoms with van der Waals surface area (Å²) in [7, 11) is -5.46. The van der Waals surface area contributed by atoms with Gasteiger partial charge in [-0.3, -0.25) is 0 Å². The topological polar surface area (TPSA) is 97.5 Å². The molecule has 2 N–H and O–H groups in total. The van der Waals surface area contributed by atoms with Crippen LogP contribution in [0.2, 0.25) is 0 Å². The van der Waals surface area contributed by atoms with Gasteiger partial charge in [0.05, 0.1) is 16.5 Å². The highest BCUT2D eigenvalue weighted by Crippen LogP contribution is 2.01. The molecule has 0 unspecified atom stereocenters. The van der Waals surface area contributed by atoms with Crippen molar-refractivity contribution in [1.29, 1.82) is 0 Å². The van der Waals surface area contributed by atoms with Gasteiger partial charge in [-0.25, -0.2) is 21.1 Å². The van der Waals surface area contributed by atoms with Crippen LogP contribution in [0, 0.1) is 0 Å². The summed E-state index contributed by atoms with van der Waals surface area (Å²) in [6.07, 6.45) is 1.28. The summed E-state index contributed by atoms with van der Waals surface area (Å²) in [6.45, 7) is 0.168. The molecule has 0 amide bonds. The van der Waals surface area contributed by atoms with Crippen LogP contribution in [0.5, 0.6) is 0 Å². The third kappa shape index (κ3) is 7.09. The van der Waals surface area contributed by atoms with Gasteiger partial charge in [-0.05, 0) is 0 Å². The minimum absolute atomic E-state index is 0.168. The van der Waals surface area contributed by atoms with Gasteiger partial charge >= 0.3 is 0 Å². The molecule has 6 nitrogen and oxygen atoms in total. The Morgan fingerprint density at radius 2 is 1.75 bits per heavy atom. The smallest absolute Gasteiger partial charge is 0.214 e. The van der Waals surface area contributed by atoms with Crippen LogP contribution in [-0.4, -0.2) is 57.5 Å². The first-order chi connectivity index (χ1) is 7.04. The van der Waals surface area contributed by atoms with Crippen LogP contribution >= 0.6 is 12.2 Å². The molecule has 16 heavy (non-hydrogen) atoms. The average molecular weight is 288 g/mol. The summed E-state index contributed by atoms with van der Waals surface area (Å²) in [6, 6.07) is 0. The summed E-state index contributed by atoms with van der Waals surface area (Å²) < 4.78 is 45.9. The van der Waals surface area contributed by atoms with Crippen LogP contribution in [0.25, 0.3) is 0 Å². The Balaban J connectivity index is 4.38. The fourth-order valence-corrected chi connectivity index (χ4v) is 3.65. The van der Waals surface area contributed by atoms with Crippen molar-refractivity contribution in [3.8, 4) is 0 Å². The van der Waals surface area contributed by atoms with E-state index in [1.165, 1.54) is 7.05 Å². The molecule has 0 heterocycles. The van der Waals surface area contributed by atoms with Crippen LogP contribution in [-0.2, 0) is 19.9 Å². The van der Waals surface area contributed by atoms with Crippen LogP contribution < -0.4 is 5.73 Å². The third-order valence-corrected chi connectivity index (χ3v) is 5.12. The first-order valence-corrected chi connectivity index (χ1v) is 8.52. The molecule has 0 saturated carbocycles. The van der Waals surface area contributed by atoms with Crippen LogP contribution in [0.1, 0.15) is 6.42 Å². The summed E-state index contributed by atoms with van der Waals surface area (Å²) in [5, 5.41) is 0. The normalized spacial score (nSPS) is 12.9. The van der Waals surface area contributed by atoms with Crippen LogP contribution in [0.15, 0.2) is 0 Å². The molecule has 0 aliphatic heterocycles. The lowest BCUT2D eigenvalue weighted by molar-refractivity contribution is 0.479. The number of nitrogens with zero attached hydrogens (tertiary/aromatic N) is 1. The van der Waals surface area contributed by atoms with Crippen molar-refractivity contribution in [3.05, 3.63) is 0 Å². The Morgan fingerprint density at radius 1 is 1.25 bits per heavy atom. The van der Waals surface area contributed by atoms with Crippen molar-refractivity contribution in [1.82, 2.24) is 4.31 Å². The summed E-state index contributed by atoms with van der Waals surface area (Å²) in [5.74, 6) is -0.799. The molecule has 0 aromatic heterocycles. The Morgan fingerprint density at radius 3 is 2.12 bits per heavy atom. The number of hydrogen-bond acceptors (Lipinski definition) is 5. The molecular formula is C7H16N2O4S3. The first-order valence-electron chi connectivity index (χ1n) is 4.44. The van der Waals surface area contributed by atoms with E-state index in [1.807, 2.05) is 0 Å². The van der Waals surface area contributed by atoms with Crippen molar-refractivity contribution < 1.29 is 16.8 Å². The van der Waals surface area contributed by atoms with Gasteiger partial charge in [0.25, 0.3) is 0 Å². The molecule has 0 aromatic carbocycles. The molecule has 96 valence electrons. The maximum Gasteiger partial charge on any atom is 0.214 e. The fourth-order valence-electron chi connectivity index (χ4n) is 0.819. The van der Waals surface area contributed by atoms with Crippen molar-refractivity contribution in [3.63, 3.8) is 0 Å². The molecule has 0 bridgehead atoms. The van der Waals surface area contributed by atoms with E-state index in [0.29, 0.717) is 0 Å². The zero-order chi connectivity index (χ0) is 13.0. The van der Waals surface area contributed by atoms with Crippen molar-refractivity contribution >= 4 is 37.1 Å². The lowest BCUT2D eigenvalue weighted by Gasteiger charge is -2.16. The molecule has 0 aliphatic rings. The summed E-state index contributed by atoms with van der Waals surface area (Å²) >= 11 is 4.62. The van der Waals surface area contributed by atoms with Gasteiger partial charge in [0.15, 0.2) is 0 Å². The Kier molecular flexibility index (Phi) is 5.80. The maximum absolute atomic E-state index is 11.6. The van der Waals surface area contributed by atoms with E-state index in [9.17, 15) is 16.8 Å². The molecule has 0 spiro atoms. The molecule has 0 aromatic rings. The van der Waals surface area contributed by atoms with E-state index in [2.05, 4.69) is 12.2 Å². The van der Waals surface area contributed by atoms with Gasteiger partial charge in [-0.15, -0.1) is 0 Å². The molecule has 0 rings (SSSR count). The van der Waals surface area contributed by atoms with Gasteiger partial charge in [0, 0.05) is 26.3 Å². The number of nitrogens with two attached hydrogens (primary N) is 1. The average Bonchev–Trinajstić information content (AvgIpc) is 2.10. The number of rotatable bonds is 7. The summed E-state index contributed by atoms with van der Waals surface area (Å²) in [5.41, 5.74) is 5.24. The summed E-state index contributed by atoms with van der Waals surface area (Å²) in [4.78, 5) is 0.227. The minimum Gasteiger partial charge on any atom is -0.393 e. The van der Waals surface area contributed by atoms with Gasteiger partial charge in [-0.2, -0.15) is 0 Å². The molecule has 0 radical (unpaired) electrons. The molecular weight excluding hydrogens is 272 g/mol. The van der Waals surface area contributed by atoms with Crippen LogP contribution in [0.3, 0.4) is 0 Å². The minimum atomic E-state index is -3.55. The highest BCUT2D eigenvalue weighted by atomic mass is 32.2. The number of sulfonamides is 1. The standard InChI is InChI=1S/C7H16N2O4S3/c1-9(4-3-7(8)14)16(12,13)6-5-15(2,10)11/h3-6H2,1-2H3,(H2,8,14). The zero-order valence-corrected chi connectivity index (χ0v) is 11.7. The third-order valence-electron chi connectivity index (χ3n) is 1.86. The van der Waals surface area contributed by atoms with Crippen LogP contribution in [0.4, 0.5) is 0 Å². The largest absolute Gasteiger partial charge is 0.393 e. The lowest BCUT2D eigenvalue weighted by atomic mass is 10.4. The molecule has 0 saturated heterocycles. The predicted molar refractivity (Wildman–Crippen MR) is 67.5 cm³/mol. The van der Waals surface area contributed by atoms with Gasteiger partial charge in [0.1, 0.15) is 9.84 Å². The van der Waals surface area contributed by atoms with E-state index >= 15 is 0 Å². The quantitative estimate of drug-likeness (QED) is 0.602. The number of hydrogen-bond donors (Lipinski definition) is 1. The number of thiocarbonyl (C=S) groups is 1. The van der Waals surface area contributed by atoms with E-state index in [1.54, 1.807) is 0 Å². The van der Waals surface area contributed by atoms with Crippen molar-refractivity contribution in [2.24, 2.45) is 5.73 Å². The predicted octanol–water partition coefficient (Wildman–Crippen LogP) is -1.03. The van der Waals surface area contributed by atoms with E-state index in [-0.39, 0.29) is 23.7 Å². The second kappa shape index (κ2) is 5.89. The van der Waals surface area contributed by atoms with Crippen molar-refractivity contribution in [2.45, 2.75) is 6.42 Å². The highest BCUT2D eigenvalue weighted by Gasteiger charge is 2.19. The monoisotopic (exact) mass is 288 g/mol. The SMILES string of the molecule is CN(CCC(N)=S)S(=O)(=O)CCS(C)(=O)=O. The number of sulfone groups is 1. The van der Waals surface area contributed by atoms with Gasteiger partial charge in [0.2, 0.25) is 10.0 Å². The zero-order valence-electron chi connectivity index (χ0n) is 9.21. The highest BCUT2D eigenvalue weighted by molar-refractivity contribution is 7.93. The Labute approximate surface area is 102 Å². The van der Waals surface area contributed by atoms with E-state index in [0.717, 1.165) is 10.6 Å². The van der Waals surface area contributed by atoms with Gasteiger partial charge < -0.3 is 5.73 Å². The lowest BCUT2D eigenvalue weighted by Crippen LogP contribution is -2.34. The van der Waals surface area contributed by atoms with Gasteiger partial charge in [-0.1, -0.05) is 12.2 Å². The second-order valence-electron chi connectivity index (χ2n) is 3.48. The first kappa shape index (κ1) is 15.8. The fraction of sp³-hybridized carbons (Fsp3) is 0.857. The second-order valence-corrected chi connectivity index (χ2v) is 8.46. The van der Waals surface area contributed by atoms with E-state index in [4.69, 9.17) is 5.73 Å². The molecule has 0 aliphatic carbocycles. The maximum atomic E-state index is 11.6. The molecule has 0 fully saturated rings. The van der Waals surface area contributed by atoms with E-state index < -0.39 is 25.6 Å². The van der Waals surface area contributed by atoms with Crippen molar-refractivity contribution in [2.75, 3.05) is 31.4 Å². The Hall–Kier alpha value is -0.250.